The molecule has 4 nitrogen and oxygen atoms in total. The molecule has 0 aliphatic carbocycles. The molecule has 1 fully saturated rings. The zero-order chi connectivity index (χ0) is 16.8. The van der Waals surface area contributed by atoms with E-state index in [1.807, 2.05) is 19.9 Å². The molecule has 3 rings (SSSR count). The predicted molar refractivity (Wildman–Crippen MR) is 90.4 cm³/mol. The second-order valence-corrected chi connectivity index (χ2v) is 6.79. The van der Waals surface area contributed by atoms with Crippen molar-refractivity contribution in [2.24, 2.45) is 0 Å². The van der Waals surface area contributed by atoms with Crippen molar-refractivity contribution in [3.63, 3.8) is 0 Å². The number of hydrogen-bond donors (Lipinski definition) is 1. The smallest absolute Gasteiger partial charge is 0.343 e. The van der Waals surface area contributed by atoms with Gasteiger partial charge in [0.25, 0.3) is 0 Å². The zero-order valence-electron chi connectivity index (χ0n) is 14.4. The number of esters is 1. The Morgan fingerprint density at radius 1 is 1.13 bits per heavy atom. The van der Waals surface area contributed by atoms with E-state index >= 15 is 0 Å². The first-order chi connectivity index (χ1) is 10.9. The molecule has 0 aromatic heterocycles. The Kier molecular flexibility index (Phi) is 3.96. The van der Waals surface area contributed by atoms with Crippen LogP contribution in [0.1, 0.15) is 42.0 Å². The summed E-state index contributed by atoms with van der Waals surface area (Å²) in [7, 11) is 0. The number of benzene rings is 1. The van der Waals surface area contributed by atoms with Crippen LogP contribution in [-0.4, -0.2) is 41.2 Å². The highest BCUT2D eigenvalue weighted by atomic mass is 16.6. The van der Waals surface area contributed by atoms with E-state index in [9.17, 15) is 9.90 Å². The van der Waals surface area contributed by atoms with Gasteiger partial charge in [-0.05, 0) is 49.6 Å². The van der Waals surface area contributed by atoms with E-state index in [-0.39, 0.29) is 11.7 Å². The highest BCUT2D eigenvalue weighted by Crippen LogP contribution is 2.43. The fourth-order valence-corrected chi connectivity index (χ4v) is 3.64. The van der Waals surface area contributed by atoms with E-state index in [0.29, 0.717) is 18.4 Å². The lowest BCUT2D eigenvalue weighted by Crippen LogP contribution is -2.45. The quantitative estimate of drug-likeness (QED) is 0.851. The molecule has 1 aromatic carbocycles. The number of piperidine rings is 1. The van der Waals surface area contributed by atoms with E-state index in [1.54, 1.807) is 0 Å². The van der Waals surface area contributed by atoms with Gasteiger partial charge in [0.05, 0.1) is 0 Å². The Balaban J connectivity index is 2.02. The topological polar surface area (TPSA) is 49.8 Å². The zero-order valence-corrected chi connectivity index (χ0v) is 14.4. The number of ether oxygens (including phenoxy) is 1. The number of carbonyl (C=O) groups excluding carboxylic acids is 1. The second kappa shape index (κ2) is 5.68. The molecule has 1 aromatic rings. The number of likely N-dealkylation sites (tertiary alicyclic amines) is 1. The van der Waals surface area contributed by atoms with Crippen molar-refractivity contribution in [1.29, 1.82) is 0 Å². The molecular weight excluding hydrogens is 290 g/mol. The minimum Gasteiger partial charge on any atom is -0.507 e. The average Bonchev–Trinajstić information content (AvgIpc) is 2.75. The van der Waals surface area contributed by atoms with Crippen LogP contribution in [-0.2, 0) is 9.53 Å². The molecule has 2 aliphatic rings. The molecule has 2 aliphatic heterocycles. The first-order valence-electron chi connectivity index (χ1n) is 8.35. The van der Waals surface area contributed by atoms with Crippen molar-refractivity contribution in [3.05, 3.63) is 40.1 Å². The average molecular weight is 315 g/mol. The third-order valence-electron chi connectivity index (χ3n) is 5.38. The molecule has 0 amide bonds. The SMILES string of the molecule is CCN1CCC2(CC1)OC(=O)C(c1cc(C)c(C)cc1C)=C2O. The minimum absolute atomic E-state index is 0.129. The highest BCUT2D eigenvalue weighted by Gasteiger charge is 2.50. The van der Waals surface area contributed by atoms with Crippen molar-refractivity contribution in [2.75, 3.05) is 19.6 Å². The van der Waals surface area contributed by atoms with E-state index in [1.165, 1.54) is 5.56 Å². The van der Waals surface area contributed by atoms with Gasteiger partial charge in [-0.15, -0.1) is 0 Å². The van der Waals surface area contributed by atoms with Crippen molar-refractivity contribution in [2.45, 2.75) is 46.1 Å². The maximum atomic E-state index is 12.5. The number of aliphatic hydroxyl groups excluding tert-OH is 1. The Bertz CT molecular complexity index is 682. The van der Waals surface area contributed by atoms with E-state index in [2.05, 4.69) is 24.8 Å². The van der Waals surface area contributed by atoms with Gasteiger partial charge >= 0.3 is 5.97 Å². The fraction of sp³-hybridized carbons (Fsp3) is 0.526. The third kappa shape index (κ3) is 2.55. The maximum absolute atomic E-state index is 12.5. The molecule has 0 unspecified atom stereocenters. The summed E-state index contributed by atoms with van der Waals surface area (Å²) >= 11 is 0. The summed E-state index contributed by atoms with van der Waals surface area (Å²) in [5, 5.41) is 10.8. The molecular formula is C19H25NO3. The van der Waals surface area contributed by atoms with Gasteiger partial charge in [0, 0.05) is 25.9 Å². The van der Waals surface area contributed by atoms with Crippen molar-refractivity contribution >= 4 is 11.5 Å². The Hall–Kier alpha value is -1.81. The summed E-state index contributed by atoms with van der Waals surface area (Å²) in [4.78, 5) is 14.8. The lowest BCUT2D eigenvalue weighted by Gasteiger charge is -2.37. The van der Waals surface area contributed by atoms with Crippen LogP contribution in [0, 0.1) is 20.8 Å². The Morgan fingerprint density at radius 3 is 2.35 bits per heavy atom. The van der Waals surface area contributed by atoms with E-state index in [0.717, 1.165) is 36.3 Å². The molecule has 0 radical (unpaired) electrons. The molecule has 4 heteroatoms. The molecule has 1 saturated heterocycles. The summed E-state index contributed by atoms with van der Waals surface area (Å²) in [6, 6.07) is 4.04. The first kappa shape index (κ1) is 16.1. The fourth-order valence-electron chi connectivity index (χ4n) is 3.64. The van der Waals surface area contributed by atoms with Gasteiger partial charge < -0.3 is 14.7 Å². The number of hydrogen-bond acceptors (Lipinski definition) is 4. The van der Waals surface area contributed by atoms with Crippen LogP contribution < -0.4 is 0 Å². The summed E-state index contributed by atoms with van der Waals surface area (Å²) in [6.45, 7) is 10.8. The van der Waals surface area contributed by atoms with Crippen LogP contribution in [0.5, 0.6) is 0 Å². The largest absolute Gasteiger partial charge is 0.507 e. The summed E-state index contributed by atoms with van der Waals surface area (Å²) < 4.78 is 5.70. The van der Waals surface area contributed by atoms with Crippen LogP contribution in [0.25, 0.3) is 5.57 Å². The normalized spacial score (nSPS) is 21.1. The lowest BCUT2D eigenvalue weighted by molar-refractivity contribution is -0.150. The highest BCUT2D eigenvalue weighted by molar-refractivity contribution is 6.20. The van der Waals surface area contributed by atoms with Crippen molar-refractivity contribution in [3.8, 4) is 0 Å². The molecule has 2 heterocycles. The molecule has 1 spiro atoms. The van der Waals surface area contributed by atoms with Gasteiger partial charge in [-0.3, -0.25) is 0 Å². The molecule has 124 valence electrons. The Morgan fingerprint density at radius 2 is 1.74 bits per heavy atom. The third-order valence-corrected chi connectivity index (χ3v) is 5.38. The van der Waals surface area contributed by atoms with Crippen LogP contribution >= 0.6 is 0 Å². The standard InChI is InChI=1S/C19H25NO3/c1-5-20-8-6-19(7-9-20)17(21)16(18(22)23-19)15-11-13(3)12(2)10-14(15)4/h10-11,21H,5-9H2,1-4H3. The number of carbonyl (C=O) groups is 1. The number of rotatable bonds is 2. The van der Waals surface area contributed by atoms with Crippen molar-refractivity contribution < 1.29 is 14.6 Å². The van der Waals surface area contributed by atoms with Gasteiger partial charge in [-0.1, -0.05) is 19.1 Å². The molecule has 23 heavy (non-hydrogen) atoms. The van der Waals surface area contributed by atoms with Crippen LogP contribution in [0.15, 0.2) is 17.9 Å². The van der Waals surface area contributed by atoms with Gasteiger partial charge in [0.2, 0.25) is 0 Å². The number of aryl methyl sites for hydroxylation is 3. The molecule has 0 atom stereocenters. The molecule has 1 N–H and O–H groups in total. The summed E-state index contributed by atoms with van der Waals surface area (Å²) in [5.41, 5.74) is 3.63. The van der Waals surface area contributed by atoms with Crippen LogP contribution in [0.3, 0.4) is 0 Å². The van der Waals surface area contributed by atoms with Crippen LogP contribution in [0.2, 0.25) is 0 Å². The molecule has 0 saturated carbocycles. The Labute approximate surface area is 137 Å². The van der Waals surface area contributed by atoms with Gasteiger partial charge in [0.15, 0.2) is 11.4 Å². The van der Waals surface area contributed by atoms with Gasteiger partial charge in [0.1, 0.15) is 5.57 Å². The summed E-state index contributed by atoms with van der Waals surface area (Å²) in [6.07, 6.45) is 1.32. The van der Waals surface area contributed by atoms with Gasteiger partial charge in [-0.2, -0.15) is 0 Å². The first-order valence-corrected chi connectivity index (χ1v) is 8.35. The van der Waals surface area contributed by atoms with E-state index < -0.39 is 5.60 Å². The lowest BCUT2D eigenvalue weighted by atomic mass is 9.86. The summed E-state index contributed by atoms with van der Waals surface area (Å²) in [5.74, 6) is -0.261. The predicted octanol–water partition coefficient (Wildman–Crippen LogP) is 3.29. The van der Waals surface area contributed by atoms with E-state index in [4.69, 9.17) is 4.74 Å². The second-order valence-electron chi connectivity index (χ2n) is 6.79. The number of nitrogens with zero attached hydrogens (tertiary/aromatic N) is 1. The molecule has 0 bridgehead atoms. The van der Waals surface area contributed by atoms with Gasteiger partial charge in [-0.25, -0.2) is 4.79 Å². The maximum Gasteiger partial charge on any atom is 0.343 e. The minimum atomic E-state index is -0.816. The van der Waals surface area contributed by atoms with Crippen molar-refractivity contribution in [1.82, 2.24) is 4.90 Å². The monoisotopic (exact) mass is 315 g/mol. The number of aliphatic hydroxyl groups is 1. The van der Waals surface area contributed by atoms with Crippen LogP contribution in [0.4, 0.5) is 0 Å².